The van der Waals surface area contributed by atoms with E-state index in [4.69, 9.17) is 23.7 Å². The number of nitrogens with zero attached hydrogens (tertiary/aromatic N) is 2. The summed E-state index contributed by atoms with van der Waals surface area (Å²) in [6, 6.07) is 3.90. The fraction of sp³-hybridized carbons (Fsp3) is 0.696. The van der Waals surface area contributed by atoms with Crippen LogP contribution in [0.15, 0.2) is 12.1 Å². The summed E-state index contributed by atoms with van der Waals surface area (Å²) in [6.45, 7) is 6.80. The molecule has 0 saturated carbocycles. The fourth-order valence-electron chi connectivity index (χ4n) is 4.17. The van der Waals surface area contributed by atoms with Crippen molar-refractivity contribution < 1.29 is 28.5 Å². The molecule has 1 aromatic rings. The molecule has 3 rings (SSSR count). The number of benzene rings is 1. The molecule has 2 aliphatic rings. The first-order valence-electron chi connectivity index (χ1n) is 11.1. The lowest BCUT2D eigenvalue weighted by molar-refractivity contribution is -0.147. The third-order valence-corrected chi connectivity index (χ3v) is 6.02. The second-order valence-corrected chi connectivity index (χ2v) is 8.06. The largest absolute Gasteiger partial charge is 0.493 e. The highest BCUT2D eigenvalue weighted by Gasteiger charge is 2.27. The van der Waals surface area contributed by atoms with Crippen molar-refractivity contribution in [2.24, 2.45) is 0 Å². The summed E-state index contributed by atoms with van der Waals surface area (Å²) in [6.07, 6.45) is 2.98. The molecule has 2 heterocycles. The Morgan fingerprint density at radius 2 is 1.81 bits per heavy atom. The highest BCUT2D eigenvalue weighted by atomic mass is 16.5. The summed E-state index contributed by atoms with van der Waals surface area (Å²) < 4.78 is 28.0. The minimum Gasteiger partial charge on any atom is -0.493 e. The maximum absolute atomic E-state index is 12.8. The number of carbonyl (C=O) groups excluding carboxylic acids is 1. The number of carbonyl (C=O) groups is 1. The van der Waals surface area contributed by atoms with E-state index in [1.165, 1.54) is 6.42 Å². The average molecular weight is 437 g/mol. The van der Waals surface area contributed by atoms with Gasteiger partial charge in [-0.15, -0.1) is 0 Å². The first-order chi connectivity index (χ1) is 15.1. The molecular formula is C23H36N2O6. The molecule has 174 valence electrons. The van der Waals surface area contributed by atoms with Gasteiger partial charge in [-0.25, -0.2) is 0 Å². The summed E-state index contributed by atoms with van der Waals surface area (Å²) in [7, 11) is 4.86. The van der Waals surface area contributed by atoms with E-state index in [2.05, 4.69) is 4.90 Å². The lowest BCUT2D eigenvalue weighted by atomic mass is 10.1. The van der Waals surface area contributed by atoms with Gasteiger partial charge >= 0.3 is 0 Å². The summed E-state index contributed by atoms with van der Waals surface area (Å²) >= 11 is 0. The Kier molecular flexibility index (Phi) is 8.80. The van der Waals surface area contributed by atoms with Crippen LogP contribution in [0.3, 0.4) is 0 Å². The predicted molar refractivity (Wildman–Crippen MR) is 117 cm³/mol. The van der Waals surface area contributed by atoms with E-state index < -0.39 is 6.10 Å². The average Bonchev–Trinajstić information content (AvgIpc) is 2.82. The Labute approximate surface area is 185 Å². The van der Waals surface area contributed by atoms with E-state index in [0.717, 1.165) is 44.6 Å². The van der Waals surface area contributed by atoms with Crippen molar-refractivity contribution >= 4 is 5.91 Å². The van der Waals surface area contributed by atoms with Crippen LogP contribution in [0.25, 0.3) is 0 Å². The highest BCUT2D eigenvalue weighted by molar-refractivity contribution is 5.80. The van der Waals surface area contributed by atoms with Crippen LogP contribution in [-0.4, -0.2) is 88.6 Å². The van der Waals surface area contributed by atoms with Gasteiger partial charge in [0.1, 0.15) is 6.10 Å². The molecule has 2 fully saturated rings. The van der Waals surface area contributed by atoms with Crippen molar-refractivity contribution in [1.82, 2.24) is 9.80 Å². The Balaban J connectivity index is 1.49. The van der Waals surface area contributed by atoms with Gasteiger partial charge in [-0.1, -0.05) is 6.07 Å². The molecule has 1 aromatic carbocycles. The number of rotatable bonds is 9. The van der Waals surface area contributed by atoms with E-state index in [9.17, 15) is 4.79 Å². The molecule has 0 aromatic heterocycles. The second kappa shape index (κ2) is 11.5. The van der Waals surface area contributed by atoms with Crippen LogP contribution in [0.5, 0.6) is 17.2 Å². The molecule has 31 heavy (non-hydrogen) atoms. The molecule has 0 bridgehead atoms. The second-order valence-electron chi connectivity index (χ2n) is 8.06. The third-order valence-electron chi connectivity index (χ3n) is 6.02. The zero-order valence-corrected chi connectivity index (χ0v) is 19.2. The summed E-state index contributed by atoms with van der Waals surface area (Å²) in [4.78, 5) is 17.0. The van der Waals surface area contributed by atoms with Crippen molar-refractivity contribution in [3.8, 4) is 17.2 Å². The van der Waals surface area contributed by atoms with Gasteiger partial charge in [0.15, 0.2) is 11.5 Å². The molecule has 2 atom stereocenters. The molecule has 1 amide bonds. The van der Waals surface area contributed by atoms with E-state index >= 15 is 0 Å². The van der Waals surface area contributed by atoms with Crippen LogP contribution < -0.4 is 14.2 Å². The molecular weight excluding hydrogens is 400 g/mol. The SMILES string of the molecule is COc1ccc(CN2CCN(C(=O)C(C)OCC3CCCCO3)CC2)c(OC)c1OC. The lowest BCUT2D eigenvalue weighted by Gasteiger charge is -2.36. The maximum atomic E-state index is 12.8. The Bertz CT molecular complexity index is 714. The number of hydrogen-bond acceptors (Lipinski definition) is 7. The number of piperazine rings is 1. The smallest absolute Gasteiger partial charge is 0.251 e. The molecule has 8 heteroatoms. The monoisotopic (exact) mass is 436 g/mol. The van der Waals surface area contributed by atoms with Gasteiger partial charge in [-0.2, -0.15) is 0 Å². The number of ether oxygens (including phenoxy) is 5. The van der Waals surface area contributed by atoms with Crippen LogP contribution in [0, 0.1) is 0 Å². The van der Waals surface area contributed by atoms with E-state index in [1.807, 2.05) is 24.0 Å². The minimum atomic E-state index is -0.442. The van der Waals surface area contributed by atoms with Gasteiger partial charge in [0, 0.05) is 44.9 Å². The summed E-state index contributed by atoms with van der Waals surface area (Å²) in [5, 5.41) is 0. The normalized spacial score (nSPS) is 20.9. The first kappa shape index (κ1) is 23.6. The molecule has 0 spiro atoms. The number of hydrogen-bond donors (Lipinski definition) is 0. The molecule has 2 aliphatic heterocycles. The molecule has 0 aliphatic carbocycles. The first-order valence-corrected chi connectivity index (χ1v) is 11.1. The molecule has 2 saturated heterocycles. The molecule has 0 N–H and O–H groups in total. The van der Waals surface area contributed by atoms with Crippen LogP contribution >= 0.6 is 0 Å². The van der Waals surface area contributed by atoms with Crippen LogP contribution in [0.4, 0.5) is 0 Å². The van der Waals surface area contributed by atoms with Crippen LogP contribution in [0.2, 0.25) is 0 Å². The maximum Gasteiger partial charge on any atom is 0.251 e. The van der Waals surface area contributed by atoms with E-state index in [0.29, 0.717) is 36.9 Å². The Morgan fingerprint density at radius 1 is 1.06 bits per heavy atom. The zero-order valence-electron chi connectivity index (χ0n) is 19.2. The summed E-state index contributed by atoms with van der Waals surface area (Å²) in [5.74, 6) is 1.99. The van der Waals surface area contributed by atoms with Crippen LogP contribution in [0.1, 0.15) is 31.7 Å². The van der Waals surface area contributed by atoms with Gasteiger partial charge in [0.05, 0.1) is 34.0 Å². The summed E-state index contributed by atoms with van der Waals surface area (Å²) in [5.41, 5.74) is 1.03. The standard InChI is InChI=1S/C23H36N2O6/c1-17(31-16-19-7-5-6-14-30-19)23(26)25-12-10-24(11-13-25)15-18-8-9-20(27-2)22(29-4)21(18)28-3/h8-9,17,19H,5-7,10-16H2,1-4H3. The van der Waals surface area contributed by atoms with Crippen LogP contribution in [-0.2, 0) is 20.8 Å². The van der Waals surface area contributed by atoms with Gasteiger partial charge in [0.2, 0.25) is 5.75 Å². The van der Waals surface area contributed by atoms with Gasteiger partial charge in [-0.05, 0) is 32.3 Å². The lowest BCUT2D eigenvalue weighted by Crippen LogP contribution is -2.51. The quantitative estimate of drug-likeness (QED) is 0.588. The van der Waals surface area contributed by atoms with Crippen molar-refractivity contribution in [2.45, 2.75) is 44.9 Å². The van der Waals surface area contributed by atoms with Crippen molar-refractivity contribution in [2.75, 3.05) is 60.7 Å². The fourth-order valence-corrected chi connectivity index (χ4v) is 4.17. The Hall–Kier alpha value is -2.03. The van der Waals surface area contributed by atoms with Crippen molar-refractivity contribution in [3.63, 3.8) is 0 Å². The predicted octanol–water partition coefficient (Wildman–Crippen LogP) is 2.33. The Morgan fingerprint density at radius 3 is 2.42 bits per heavy atom. The van der Waals surface area contributed by atoms with Crippen molar-refractivity contribution in [1.29, 1.82) is 0 Å². The molecule has 8 nitrogen and oxygen atoms in total. The van der Waals surface area contributed by atoms with E-state index in [1.54, 1.807) is 21.3 Å². The van der Waals surface area contributed by atoms with Crippen molar-refractivity contribution in [3.05, 3.63) is 17.7 Å². The van der Waals surface area contributed by atoms with Gasteiger partial charge < -0.3 is 28.6 Å². The molecule has 0 radical (unpaired) electrons. The highest BCUT2D eigenvalue weighted by Crippen LogP contribution is 2.40. The number of amides is 1. The zero-order chi connectivity index (χ0) is 22.2. The minimum absolute atomic E-state index is 0.0548. The molecule has 2 unspecified atom stereocenters. The third kappa shape index (κ3) is 6.02. The van der Waals surface area contributed by atoms with E-state index in [-0.39, 0.29) is 12.0 Å². The van der Waals surface area contributed by atoms with Gasteiger partial charge in [0.25, 0.3) is 5.91 Å². The van der Waals surface area contributed by atoms with Gasteiger partial charge in [-0.3, -0.25) is 9.69 Å². The topological polar surface area (TPSA) is 69.7 Å². The number of methoxy groups -OCH3 is 3.